The molecule has 0 bridgehead atoms. The van der Waals surface area contributed by atoms with Crippen molar-refractivity contribution in [3.63, 3.8) is 0 Å². The lowest BCUT2D eigenvalue weighted by molar-refractivity contribution is -0.126. The number of anilines is 1. The number of hydrogen-bond acceptors (Lipinski definition) is 4. The van der Waals surface area contributed by atoms with E-state index in [-0.39, 0.29) is 11.4 Å². The van der Waals surface area contributed by atoms with Gasteiger partial charge in [-0.3, -0.25) is 10.1 Å². The lowest BCUT2D eigenvalue weighted by atomic mass is 10.3. The molecule has 1 aromatic rings. The van der Waals surface area contributed by atoms with Crippen LogP contribution in [0, 0.1) is 5.82 Å². The molecule has 0 aliphatic heterocycles. The third kappa shape index (κ3) is 3.62. The van der Waals surface area contributed by atoms with Gasteiger partial charge in [-0.25, -0.2) is 9.18 Å². The number of nitrogens with one attached hydrogen (secondary N) is 2. The minimum Gasteiger partial charge on any atom is -0.479 e. The van der Waals surface area contributed by atoms with Gasteiger partial charge in [-0.2, -0.15) is 0 Å². The predicted octanol–water partition coefficient (Wildman–Crippen LogP) is 0.631. The summed E-state index contributed by atoms with van der Waals surface area (Å²) in [6.07, 6.45) is -0.935. The number of nitrogen functional groups attached to an aromatic ring is 1. The minimum absolute atomic E-state index is 0.0783. The maximum absolute atomic E-state index is 12.8. The van der Waals surface area contributed by atoms with Crippen LogP contribution in [-0.2, 0) is 4.79 Å². The van der Waals surface area contributed by atoms with E-state index in [1.54, 1.807) is 0 Å². The SMILES string of the molecule is CNC(=O)NC(=O)C(C)Oc1ccc(F)cc1N. The van der Waals surface area contributed by atoms with Crippen molar-refractivity contribution in [3.8, 4) is 5.75 Å². The fraction of sp³-hybridized carbons (Fsp3) is 0.273. The molecule has 6 nitrogen and oxygen atoms in total. The summed E-state index contributed by atoms with van der Waals surface area (Å²) in [6, 6.07) is 2.92. The van der Waals surface area contributed by atoms with Gasteiger partial charge in [0.15, 0.2) is 6.10 Å². The van der Waals surface area contributed by atoms with Crippen LogP contribution in [0.4, 0.5) is 14.9 Å². The molecular weight excluding hydrogens is 241 g/mol. The van der Waals surface area contributed by atoms with Crippen molar-refractivity contribution in [2.24, 2.45) is 0 Å². The number of halogens is 1. The highest BCUT2D eigenvalue weighted by atomic mass is 19.1. The summed E-state index contributed by atoms with van der Waals surface area (Å²) in [6.45, 7) is 1.45. The standard InChI is InChI=1S/C11H14FN3O3/c1-6(10(16)15-11(17)14-2)18-9-4-3-7(12)5-8(9)13/h3-6H,13H2,1-2H3,(H2,14,15,16,17). The monoisotopic (exact) mass is 255 g/mol. The van der Waals surface area contributed by atoms with Crippen LogP contribution in [0.15, 0.2) is 18.2 Å². The number of imide groups is 1. The van der Waals surface area contributed by atoms with Gasteiger partial charge in [-0.05, 0) is 19.1 Å². The first-order chi connectivity index (χ1) is 8.43. The van der Waals surface area contributed by atoms with Crippen molar-refractivity contribution in [3.05, 3.63) is 24.0 Å². The molecule has 0 radical (unpaired) electrons. The zero-order valence-electron chi connectivity index (χ0n) is 9.99. The number of benzene rings is 1. The Balaban J connectivity index is 2.66. The maximum atomic E-state index is 12.8. The summed E-state index contributed by atoms with van der Waals surface area (Å²) in [5.41, 5.74) is 5.60. The van der Waals surface area contributed by atoms with E-state index in [9.17, 15) is 14.0 Å². The molecule has 0 saturated carbocycles. The van der Waals surface area contributed by atoms with Crippen LogP contribution in [-0.4, -0.2) is 25.1 Å². The van der Waals surface area contributed by atoms with E-state index in [1.165, 1.54) is 20.0 Å². The van der Waals surface area contributed by atoms with E-state index < -0.39 is 23.9 Å². The van der Waals surface area contributed by atoms with Crippen molar-refractivity contribution < 1.29 is 18.7 Å². The molecule has 18 heavy (non-hydrogen) atoms. The number of nitrogens with two attached hydrogens (primary N) is 1. The Morgan fingerprint density at radius 2 is 2.11 bits per heavy atom. The Morgan fingerprint density at radius 3 is 2.67 bits per heavy atom. The highest BCUT2D eigenvalue weighted by Gasteiger charge is 2.17. The van der Waals surface area contributed by atoms with Crippen LogP contribution < -0.4 is 21.1 Å². The number of rotatable bonds is 3. The second kappa shape index (κ2) is 5.85. The lowest BCUT2D eigenvalue weighted by Gasteiger charge is -2.15. The molecule has 1 atom stereocenters. The Labute approximate surface area is 103 Å². The molecule has 0 aliphatic rings. The smallest absolute Gasteiger partial charge is 0.321 e. The molecule has 98 valence electrons. The number of amides is 3. The molecule has 7 heteroatoms. The van der Waals surface area contributed by atoms with Gasteiger partial charge in [0.1, 0.15) is 11.6 Å². The highest BCUT2D eigenvalue weighted by Crippen LogP contribution is 2.22. The zero-order chi connectivity index (χ0) is 13.7. The average molecular weight is 255 g/mol. The van der Waals surface area contributed by atoms with Crippen LogP contribution in [0.25, 0.3) is 0 Å². The molecule has 4 N–H and O–H groups in total. The molecule has 0 aliphatic carbocycles. The summed E-state index contributed by atoms with van der Waals surface area (Å²) < 4.78 is 18.0. The van der Waals surface area contributed by atoms with Crippen LogP contribution in [0.3, 0.4) is 0 Å². The normalized spacial score (nSPS) is 11.5. The van der Waals surface area contributed by atoms with E-state index in [0.717, 1.165) is 12.1 Å². The maximum Gasteiger partial charge on any atom is 0.321 e. The topological polar surface area (TPSA) is 93.5 Å². The van der Waals surface area contributed by atoms with E-state index in [4.69, 9.17) is 10.5 Å². The minimum atomic E-state index is -0.935. The van der Waals surface area contributed by atoms with Crippen molar-refractivity contribution in [1.29, 1.82) is 0 Å². The van der Waals surface area contributed by atoms with E-state index in [2.05, 4.69) is 10.6 Å². The van der Waals surface area contributed by atoms with E-state index >= 15 is 0 Å². The van der Waals surface area contributed by atoms with Gasteiger partial charge in [0.2, 0.25) is 0 Å². The first-order valence-corrected chi connectivity index (χ1v) is 5.18. The third-order valence-electron chi connectivity index (χ3n) is 2.11. The van der Waals surface area contributed by atoms with Crippen molar-refractivity contribution in [2.45, 2.75) is 13.0 Å². The van der Waals surface area contributed by atoms with E-state index in [1.807, 2.05) is 0 Å². The van der Waals surface area contributed by atoms with Gasteiger partial charge in [0.25, 0.3) is 5.91 Å². The average Bonchev–Trinajstić information content (AvgIpc) is 2.32. The number of ether oxygens (including phenoxy) is 1. The Kier molecular flexibility index (Phi) is 4.47. The first kappa shape index (κ1) is 13.8. The fourth-order valence-electron chi connectivity index (χ4n) is 1.15. The van der Waals surface area contributed by atoms with Gasteiger partial charge in [0, 0.05) is 13.1 Å². The quantitative estimate of drug-likeness (QED) is 0.690. The molecule has 0 heterocycles. The van der Waals surface area contributed by atoms with Crippen molar-refractivity contribution >= 4 is 17.6 Å². The third-order valence-corrected chi connectivity index (χ3v) is 2.11. The molecule has 1 aromatic carbocycles. The molecule has 3 amide bonds. The second-order valence-electron chi connectivity index (χ2n) is 3.51. The summed E-state index contributed by atoms with van der Waals surface area (Å²) in [5, 5.41) is 4.28. The van der Waals surface area contributed by atoms with Gasteiger partial charge < -0.3 is 15.8 Å². The van der Waals surface area contributed by atoms with Crippen molar-refractivity contribution in [2.75, 3.05) is 12.8 Å². The van der Waals surface area contributed by atoms with Gasteiger partial charge in [-0.1, -0.05) is 0 Å². The van der Waals surface area contributed by atoms with Gasteiger partial charge in [0.05, 0.1) is 5.69 Å². The molecular formula is C11H14FN3O3. The second-order valence-corrected chi connectivity index (χ2v) is 3.51. The molecule has 0 fully saturated rings. The van der Waals surface area contributed by atoms with Crippen molar-refractivity contribution in [1.82, 2.24) is 10.6 Å². The predicted molar refractivity (Wildman–Crippen MR) is 63.5 cm³/mol. The van der Waals surface area contributed by atoms with E-state index in [0.29, 0.717) is 0 Å². The largest absolute Gasteiger partial charge is 0.479 e. The Morgan fingerprint density at radius 1 is 1.44 bits per heavy atom. The Hall–Kier alpha value is -2.31. The molecule has 0 spiro atoms. The zero-order valence-corrected chi connectivity index (χ0v) is 9.99. The van der Waals surface area contributed by atoms with Crippen LogP contribution in [0.5, 0.6) is 5.75 Å². The Bertz CT molecular complexity index is 465. The van der Waals surface area contributed by atoms with Gasteiger partial charge >= 0.3 is 6.03 Å². The summed E-state index contributed by atoms with van der Waals surface area (Å²) in [7, 11) is 1.38. The molecule has 0 saturated heterocycles. The number of hydrogen-bond donors (Lipinski definition) is 3. The van der Waals surface area contributed by atoms with Gasteiger partial charge in [-0.15, -0.1) is 0 Å². The summed E-state index contributed by atoms with van der Waals surface area (Å²) >= 11 is 0. The highest BCUT2D eigenvalue weighted by molar-refractivity contribution is 5.96. The molecule has 1 unspecified atom stereocenters. The number of urea groups is 1. The van der Waals surface area contributed by atoms with Crippen LogP contribution in [0.2, 0.25) is 0 Å². The lowest BCUT2D eigenvalue weighted by Crippen LogP contribution is -2.44. The summed E-state index contributed by atoms with van der Waals surface area (Å²) in [4.78, 5) is 22.4. The summed E-state index contributed by atoms with van der Waals surface area (Å²) in [5.74, 6) is -0.948. The number of carbonyl (C=O) groups excluding carboxylic acids is 2. The fourth-order valence-corrected chi connectivity index (χ4v) is 1.15. The first-order valence-electron chi connectivity index (χ1n) is 5.18. The molecule has 1 rings (SSSR count). The van der Waals surface area contributed by atoms with Crippen LogP contribution in [0.1, 0.15) is 6.92 Å². The number of carbonyl (C=O) groups is 2. The molecule has 0 aromatic heterocycles. The van der Waals surface area contributed by atoms with Crippen LogP contribution >= 0.6 is 0 Å².